The number of anilines is 1. The van der Waals surface area contributed by atoms with Gasteiger partial charge in [0.2, 0.25) is 5.88 Å². The molecule has 1 amide bonds. The molecule has 6 heteroatoms. The normalized spacial score (nSPS) is 10.3. The van der Waals surface area contributed by atoms with Crippen LogP contribution in [0.4, 0.5) is 5.69 Å². The number of hydrogen-bond acceptors (Lipinski definition) is 5. The maximum absolute atomic E-state index is 12.2. The molecule has 0 spiro atoms. The van der Waals surface area contributed by atoms with Crippen LogP contribution in [-0.4, -0.2) is 23.0 Å². The number of pyridine rings is 1. The lowest BCUT2D eigenvalue weighted by molar-refractivity contribution is 0.102. The van der Waals surface area contributed by atoms with Crippen LogP contribution in [0.2, 0.25) is 0 Å². The molecule has 3 aromatic rings. The average Bonchev–Trinajstić information content (AvgIpc) is 3.02. The molecule has 5 nitrogen and oxygen atoms in total. The molecule has 0 radical (unpaired) electrons. The number of aryl methyl sites for hydroxylation is 1. The second kappa shape index (κ2) is 6.58. The predicted molar refractivity (Wildman–Crippen MR) is 91.0 cm³/mol. The lowest BCUT2D eigenvalue weighted by Crippen LogP contribution is -2.12. The summed E-state index contributed by atoms with van der Waals surface area (Å²) in [5.74, 6) is 0.266. The van der Waals surface area contributed by atoms with Crippen molar-refractivity contribution in [3.05, 3.63) is 58.5 Å². The van der Waals surface area contributed by atoms with Crippen molar-refractivity contribution < 1.29 is 9.53 Å². The van der Waals surface area contributed by atoms with E-state index in [4.69, 9.17) is 4.74 Å². The molecule has 116 valence electrons. The Balaban J connectivity index is 1.71. The van der Waals surface area contributed by atoms with Gasteiger partial charge < -0.3 is 10.1 Å². The summed E-state index contributed by atoms with van der Waals surface area (Å²) in [6.45, 7) is 1.98. The molecule has 2 aromatic heterocycles. The number of nitrogens with one attached hydrogen (secondary N) is 1. The maximum Gasteiger partial charge on any atom is 0.257 e. The Morgan fingerprint density at radius 2 is 1.96 bits per heavy atom. The second-order valence-corrected chi connectivity index (χ2v) is 5.93. The molecule has 0 aliphatic heterocycles. The molecule has 0 fully saturated rings. The minimum absolute atomic E-state index is 0.211. The van der Waals surface area contributed by atoms with E-state index in [1.54, 1.807) is 23.5 Å². The molecule has 1 N–H and O–H groups in total. The largest absolute Gasteiger partial charge is 0.481 e. The second-order valence-electron chi connectivity index (χ2n) is 4.87. The van der Waals surface area contributed by atoms with E-state index >= 15 is 0 Å². The van der Waals surface area contributed by atoms with Crippen molar-refractivity contribution in [3.63, 3.8) is 0 Å². The van der Waals surface area contributed by atoms with Gasteiger partial charge in [0.15, 0.2) is 0 Å². The van der Waals surface area contributed by atoms with Gasteiger partial charge in [-0.1, -0.05) is 12.1 Å². The first-order chi connectivity index (χ1) is 11.2. The summed E-state index contributed by atoms with van der Waals surface area (Å²) in [6, 6.07) is 10.9. The zero-order valence-corrected chi connectivity index (χ0v) is 13.6. The highest BCUT2D eigenvalue weighted by atomic mass is 32.1. The molecule has 0 atom stereocenters. The van der Waals surface area contributed by atoms with Gasteiger partial charge in [-0.05, 0) is 25.1 Å². The summed E-state index contributed by atoms with van der Waals surface area (Å²) >= 11 is 1.62. The summed E-state index contributed by atoms with van der Waals surface area (Å²) in [5.41, 5.74) is 3.18. The number of nitrogens with zero attached hydrogens (tertiary/aromatic N) is 2. The molecule has 1 aromatic carbocycles. The van der Waals surface area contributed by atoms with Crippen LogP contribution in [0.25, 0.3) is 11.3 Å². The molecule has 0 aliphatic rings. The monoisotopic (exact) mass is 325 g/mol. The third-order valence-electron chi connectivity index (χ3n) is 3.27. The van der Waals surface area contributed by atoms with E-state index in [0.717, 1.165) is 22.0 Å². The summed E-state index contributed by atoms with van der Waals surface area (Å²) in [7, 11) is 1.54. The first-order valence-corrected chi connectivity index (χ1v) is 7.87. The topological polar surface area (TPSA) is 64.1 Å². The maximum atomic E-state index is 12.2. The van der Waals surface area contributed by atoms with Crippen molar-refractivity contribution in [2.75, 3.05) is 12.4 Å². The fraction of sp³-hybridized carbons (Fsp3) is 0.118. The van der Waals surface area contributed by atoms with E-state index in [-0.39, 0.29) is 5.91 Å². The Morgan fingerprint density at radius 3 is 2.52 bits per heavy atom. The number of thiazole rings is 1. The number of amides is 1. The van der Waals surface area contributed by atoms with Crippen LogP contribution < -0.4 is 10.1 Å². The van der Waals surface area contributed by atoms with Crippen molar-refractivity contribution in [2.24, 2.45) is 0 Å². The third-order valence-corrected chi connectivity index (χ3v) is 4.04. The van der Waals surface area contributed by atoms with Crippen molar-refractivity contribution in [3.8, 4) is 17.1 Å². The van der Waals surface area contributed by atoms with Crippen LogP contribution in [0.15, 0.2) is 48.0 Å². The molecule has 3 rings (SSSR count). The van der Waals surface area contributed by atoms with Gasteiger partial charge in [-0.2, -0.15) is 0 Å². The van der Waals surface area contributed by atoms with Gasteiger partial charge in [0, 0.05) is 28.9 Å². The van der Waals surface area contributed by atoms with Gasteiger partial charge in [0.1, 0.15) is 0 Å². The number of carbonyl (C=O) groups excluding carboxylic acids is 1. The SMILES string of the molecule is COc1ccc(C(=O)Nc2ccc(-c3csc(C)n3)cc2)cn1. The number of ether oxygens (including phenoxy) is 1. The van der Waals surface area contributed by atoms with Crippen LogP contribution in [0.5, 0.6) is 5.88 Å². The number of carbonyl (C=O) groups is 1. The van der Waals surface area contributed by atoms with E-state index in [2.05, 4.69) is 15.3 Å². The van der Waals surface area contributed by atoms with E-state index in [9.17, 15) is 4.79 Å². The number of rotatable bonds is 4. The highest BCUT2D eigenvalue weighted by Gasteiger charge is 2.08. The zero-order chi connectivity index (χ0) is 16.2. The van der Waals surface area contributed by atoms with Gasteiger partial charge in [-0.3, -0.25) is 4.79 Å². The third kappa shape index (κ3) is 3.54. The smallest absolute Gasteiger partial charge is 0.257 e. The van der Waals surface area contributed by atoms with Gasteiger partial charge in [0.25, 0.3) is 5.91 Å². The molecule has 0 saturated carbocycles. The van der Waals surface area contributed by atoms with Crippen molar-refractivity contribution in [1.82, 2.24) is 9.97 Å². The van der Waals surface area contributed by atoms with Crippen LogP contribution in [0.3, 0.4) is 0 Å². The van der Waals surface area contributed by atoms with Gasteiger partial charge in [-0.15, -0.1) is 11.3 Å². The first-order valence-electron chi connectivity index (χ1n) is 6.99. The number of hydrogen-bond donors (Lipinski definition) is 1. The van der Waals surface area contributed by atoms with Crippen LogP contribution in [0.1, 0.15) is 15.4 Å². The van der Waals surface area contributed by atoms with Crippen molar-refractivity contribution in [2.45, 2.75) is 6.92 Å². The van der Waals surface area contributed by atoms with Crippen LogP contribution in [-0.2, 0) is 0 Å². The molecule has 0 bridgehead atoms. The number of methoxy groups -OCH3 is 1. The molecular weight excluding hydrogens is 310 g/mol. The molecule has 23 heavy (non-hydrogen) atoms. The Bertz CT molecular complexity index is 811. The molecular formula is C17H15N3O2S. The fourth-order valence-corrected chi connectivity index (χ4v) is 2.68. The minimum atomic E-state index is -0.211. The Kier molecular flexibility index (Phi) is 4.34. The zero-order valence-electron chi connectivity index (χ0n) is 12.7. The molecule has 2 heterocycles. The minimum Gasteiger partial charge on any atom is -0.481 e. The van der Waals surface area contributed by atoms with Crippen LogP contribution >= 0.6 is 11.3 Å². The Labute approximate surface area is 138 Å². The first kappa shape index (κ1) is 15.2. The van der Waals surface area contributed by atoms with E-state index < -0.39 is 0 Å². The van der Waals surface area contributed by atoms with E-state index in [1.807, 2.05) is 36.6 Å². The van der Waals surface area contributed by atoms with Gasteiger partial charge >= 0.3 is 0 Å². The van der Waals surface area contributed by atoms with Crippen LogP contribution in [0, 0.1) is 6.92 Å². The Morgan fingerprint density at radius 1 is 1.17 bits per heavy atom. The molecule has 0 aliphatic carbocycles. The van der Waals surface area contributed by atoms with Crippen molar-refractivity contribution >= 4 is 22.9 Å². The highest BCUT2D eigenvalue weighted by Crippen LogP contribution is 2.23. The molecule has 0 unspecified atom stereocenters. The number of benzene rings is 1. The average molecular weight is 325 g/mol. The summed E-state index contributed by atoms with van der Waals surface area (Å²) < 4.78 is 4.98. The standard InChI is InChI=1S/C17H15N3O2S/c1-11-19-15(10-23-11)12-3-6-14(7-4-12)20-17(21)13-5-8-16(22-2)18-9-13/h3-10H,1-2H3,(H,20,21). The van der Waals surface area contributed by atoms with Gasteiger partial charge in [-0.25, -0.2) is 9.97 Å². The number of aromatic nitrogens is 2. The van der Waals surface area contributed by atoms with E-state index in [1.165, 1.54) is 13.3 Å². The summed E-state index contributed by atoms with van der Waals surface area (Å²) in [5, 5.41) is 5.89. The fourth-order valence-electron chi connectivity index (χ4n) is 2.06. The summed E-state index contributed by atoms with van der Waals surface area (Å²) in [4.78, 5) is 20.6. The predicted octanol–water partition coefficient (Wildman–Crippen LogP) is 3.77. The lowest BCUT2D eigenvalue weighted by Gasteiger charge is -2.06. The van der Waals surface area contributed by atoms with Crippen molar-refractivity contribution in [1.29, 1.82) is 0 Å². The van der Waals surface area contributed by atoms with Gasteiger partial charge in [0.05, 0.1) is 23.4 Å². The lowest BCUT2D eigenvalue weighted by atomic mass is 10.1. The Hall–Kier alpha value is -2.73. The summed E-state index contributed by atoms with van der Waals surface area (Å²) in [6.07, 6.45) is 1.49. The molecule has 0 saturated heterocycles. The van der Waals surface area contributed by atoms with E-state index in [0.29, 0.717) is 11.4 Å². The highest BCUT2D eigenvalue weighted by molar-refractivity contribution is 7.09. The quantitative estimate of drug-likeness (QED) is 0.793.